The molecular weight excluding hydrogens is 256 g/mol. The first-order valence-electron chi connectivity index (χ1n) is 6.82. The van der Waals surface area contributed by atoms with E-state index in [2.05, 4.69) is 10.6 Å². The van der Waals surface area contributed by atoms with E-state index in [9.17, 15) is 4.79 Å². The molecule has 0 aliphatic heterocycles. The molecule has 0 bridgehead atoms. The van der Waals surface area contributed by atoms with Gasteiger partial charge in [0.1, 0.15) is 0 Å². The fourth-order valence-electron chi connectivity index (χ4n) is 2.28. The molecule has 0 radical (unpaired) electrons. The molecule has 3 N–H and O–H groups in total. The average Bonchev–Trinajstić information content (AvgIpc) is 2.67. The van der Waals surface area contributed by atoms with Gasteiger partial charge in [-0.1, -0.05) is 6.07 Å². The van der Waals surface area contributed by atoms with Gasteiger partial charge in [0.15, 0.2) is 0 Å². The van der Waals surface area contributed by atoms with Crippen molar-refractivity contribution in [1.29, 1.82) is 0 Å². The smallest absolute Gasteiger partial charge is 0.328 e. The Balaban J connectivity index is 1.98. The highest BCUT2D eigenvalue weighted by Gasteiger charge is 2.07. The summed E-state index contributed by atoms with van der Waals surface area (Å²) in [6.07, 6.45) is 0. The van der Waals surface area contributed by atoms with Gasteiger partial charge in [-0.05, 0) is 17.7 Å². The summed E-state index contributed by atoms with van der Waals surface area (Å²) in [7, 11) is 3.58. The van der Waals surface area contributed by atoms with Crippen molar-refractivity contribution in [2.24, 2.45) is 14.1 Å². The summed E-state index contributed by atoms with van der Waals surface area (Å²) in [5.74, 6) is 0. The molecule has 0 aliphatic carbocycles. The zero-order valence-corrected chi connectivity index (χ0v) is 12.0. The summed E-state index contributed by atoms with van der Waals surface area (Å²) >= 11 is 0. The molecular formula is C14H22N4O2. The first-order valence-corrected chi connectivity index (χ1v) is 6.82. The van der Waals surface area contributed by atoms with Crippen LogP contribution in [0.4, 0.5) is 0 Å². The molecule has 6 nitrogen and oxygen atoms in total. The quantitative estimate of drug-likeness (QED) is 0.600. The van der Waals surface area contributed by atoms with Crippen LogP contribution in [0, 0.1) is 0 Å². The first kappa shape index (κ1) is 14.8. The lowest BCUT2D eigenvalue weighted by molar-refractivity contribution is 0.292. The molecule has 0 aliphatic rings. The Bertz CT molecular complexity index is 630. The average molecular weight is 278 g/mol. The molecule has 1 aromatic carbocycles. The Labute approximate surface area is 118 Å². The molecule has 6 heteroatoms. The summed E-state index contributed by atoms with van der Waals surface area (Å²) < 4.78 is 3.33. The van der Waals surface area contributed by atoms with Crippen molar-refractivity contribution in [3.63, 3.8) is 0 Å². The van der Waals surface area contributed by atoms with E-state index in [-0.39, 0.29) is 12.3 Å². The van der Waals surface area contributed by atoms with E-state index >= 15 is 0 Å². The highest BCUT2D eigenvalue weighted by molar-refractivity contribution is 5.76. The Morgan fingerprint density at radius 1 is 1.05 bits per heavy atom. The third kappa shape index (κ3) is 3.09. The van der Waals surface area contributed by atoms with E-state index in [4.69, 9.17) is 5.11 Å². The maximum Gasteiger partial charge on any atom is 0.328 e. The van der Waals surface area contributed by atoms with Crippen LogP contribution in [-0.2, 0) is 20.6 Å². The zero-order chi connectivity index (χ0) is 14.5. The van der Waals surface area contributed by atoms with Crippen LogP contribution in [0.1, 0.15) is 5.56 Å². The van der Waals surface area contributed by atoms with Crippen LogP contribution in [0.15, 0.2) is 23.0 Å². The number of nitrogens with one attached hydrogen (secondary N) is 2. The lowest BCUT2D eigenvalue weighted by atomic mass is 10.2. The van der Waals surface area contributed by atoms with Crippen molar-refractivity contribution < 1.29 is 5.11 Å². The normalized spacial score (nSPS) is 11.3. The molecule has 1 heterocycles. The molecule has 0 saturated carbocycles. The molecule has 2 rings (SSSR count). The minimum absolute atomic E-state index is 0.00156. The standard InChI is InChI=1S/C14H22N4O2/c1-17-12-4-3-11(9-13(12)18(2)14(17)20)10-16-6-5-15-7-8-19/h3-4,9,15-16,19H,5-8,10H2,1-2H3. The Morgan fingerprint density at radius 3 is 2.50 bits per heavy atom. The van der Waals surface area contributed by atoms with Gasteiger partial charge in [0, 0.05) is 40.3 Å². The molecule has 0 saturated heterocycles. The molecule has 0 amide bonds. The van der Waals surface area contributed by atoms with E-state index in [1.54, 1.807) is 23.2 Å². The van der Waals surface area contributed by atoms with Gasteiger partial charge in [-0.2, -0.15) is 0 Å². The van der Waals surface area contributed by atoms with Crippen molar-refractivity contribution >= 4 is 11.0 Å². The largest absolute Gasteiger partial charge is 0.395 e. The second-order valence-electron chi connectivity index (χ2n) is 4.87. The van der Waals surface area contributed by atoms with Gasteiger partial charge in [0.25, 0.3) is 0 Å². The van der Waals surface area contributed by atoms with Crippen LogP contribution >= 0.6 is 0 Å². The number of imidazole rings is 1. The molecule has 110 valence electrons. The van der Waals surface area contributed by atoms with Gasteiger partial charge in [0.2, 0.25) is 0 Å². The minimum Gasteiger partial charge on any atom is -0.395 e. The van der Waals surface area contributed by atoms with Gasteiger partial charge in [-0.3, -0.25) is 9.13 Å². The Kier molecular flexibility index (Phi) is 4.94. The number of nitrogens with zero attached hydrogens (tertiary/aromatic N) is 2. The fraction of sp³-hybridized carbons (Fsp3) is 0.500. The first-order chi connectivity index (χ1) is 9.65. The van der Waals surface area contributed by atoms with Crippen LogP contribution < -0.4 is 16.3 Å². The number of rotatable bonds is 7. The summed E-state index contributed by atoms with van der Waals surface area (Å²) in [6.45, 7) is 3.22. The summed E-state index contributed by atoms with van der Waals surface area (Å²) in [5.41, 5.74) is 3.06. The topological polar surface area (TPSA) is 71.2 Å². The molecule has 0 fully saturated rings. The Hall–Kier alpha value is -1.63. The predicted molar refractivity (Wildman–Crippen MR) is 79.8 cm³/mol. The fourth-order valence-corrected chi connectivity index (χ4v) is 2.28. The highest BCUT2D eigenvalue weighted by atomic mass is 16.3. The van der Waals surface area contributed by atoms with Crippen molar-refractivity contribution in [2.75, 3.05) is 26.2 Å². The number of benzene rings is 1. The van der Waals surface area contributed by atoms with Crippen molar-refractivity contribution in [3.05, 3.63) is 34.2 Å². The summed E-state index contributed by atoms with van der Waals surface area (Å²) in [4.78, 5) is 11.8. The van der Waals surface area contributed by atoms with Crippen LogP contribution in [-0.4, -0.2) is 40.5 Å². The second-order valence-corrected chi connectivity index (χ2v) is 4.87. The second kappa shape index (κ2) is 6.69. The van der Waals surface area contributed by atoms with E-state index in [0.29, 0.717) is 6.54 Å². The van der Waals surface area contributed by atoms with Gasteiger partial charge >= 0.3 is 5.69 Å². The van der Waals surface area contributed by atoms with E-state index in [1.165, 1.54) is 0 Å². The maximum atomic E-state index is 11.8. The summed E-state index contributed by atoms with van der Waals surface area (Å²) in [6, 6.07) is 6.07. The summed E-state index contributed by atoms with van der Waals surface area (Å²) in [5, 5.41) is 15.1. The number of aliphatic hydroxyl groups excluding tert-OH is 1. The van der Waals surface area contributed by atoms with Crippen molar-refractivity contribution in [2.45, 2.75) is 6.54 Å². The van der Waals surface area contributed by atoms with Crippen LogP contribution in [0.3, 0.4) is 0 Å². The minimum atomic E-state index is -0.00156. The van der Waals surface area contributed by atoms with Crippen LogP contribution in [0.25, 0.3) is 11.0 Å². The van der Waals surface area contributed by atoms with Crippen molar-refractivity contribution in [3.8, 4) is 0 Å². The van der Waals surface area contributed by atoms with Crippen LogP contribution in [0.2, 0.25) is 0 Å². The Morgan fingerprint density at radius 2 is 1.75 bits per heavy atom. The number of hydrogen-bond donors (Lipinski definition) is 3. The molecule has 0 atom stereocenters. The third-order valence-corrected chi connectivity index (χ3v) is 3.43. The highest BCUT2D eigenvalue weighted by Crippen LogP contribution is 2.13. The molecule has 2 aromatic rings. The van der Waals surface area contributed by atoms with E-state index in [1.807, 2.05) is 18.2 Å². The third-order valence-electron chi connectivity index (χ3n) is 3.43. The lowest BCUT2D eigenvalue weighted by Crippen LogP contribution is -2.28. The number of aliphatic hydroxyl groups is 1. The van der Waals surface area contributed by atoms with Crippen LogP contribution in [0.5, 0.6) is 0 Å². The molecule has 1 aromatic heterocycles. The van der Waals surface area contributed by atoms with E-state index in [0.717, 1.165) is 36.2 Å². The SMILES string of the molecule is Cn1c(=O)n(C)c2cc(CNCCNCCO)ccc21. The van der Waals surface area contributed by atoms with Gasteiger partial charge in [-0.15, -0.1) is 0 Å². The number of fused-ring (bicyclic) bond motifs is 1. The monoisotopic (exact) mass is 278 g/mol. The van der Waals surface area contributed by atoms with Gasteiger partial charge in [0.05, 0.1) is 17.6 Å². The van der Waals surface area contributed by atoms with Gasteiger partial charge < -0.3 is 15.7 Å². The number of hydrogen-bond acceptors (Lipinski definition) is 4. The van der Waals surface area contributed by atoms with Gasteiger partial charge in [-0.25, -0.2) is 4.79 Å². The zero-order valence-electron chi connectivity index (χ0n) is 12.0. The predicted octanol–water partition coefficient (Wildman–Crippen LogP) is -0.451. The molecule has 0 unspecified atom stereocenters. The maximum absolute atomic E-state index is 11.8. The lowest BCUT2D eigenvalue weighted by Gasteiger charge is -2.06. The number of aryl methyl sites for hydroxylation is 2. The van der Waals surface area contributed by atoms with Crippen molar-refractivity contribution in [1.82, 2.24) is 19.8 Å². The molecule has 20 heavy (non-hydrogen) atoms. The number of aromatic nitrogens is 2. The molecule has 0 spiro atoms. The van der Waals surface area contributed by atoms with E-state index < -0.39 is 0 Å².